The van der Waals surface area contributed by atoms with E-state index in [0.29, 0.717) is 32.1 Å². The van der Waals surface area contributed by atoms with Gasteiger partial charge in [0.05, 0.1) is 25.7 Å². The number of ether oxygens (including phenoxy) is 2. The van der Waals surface area contributed by atoms with Crippen LogP contribution in [0.3, 0.4) is 0 Å². The van der Waals surface area contributed by atoms with Crippen LogP contribution in [0.15, 0.2) is 0 Å². The Morgan fingerprint density at radius 1 is 1.47 bits per heavy atom. The Hall–Kier alpha value is -0.790. The molecule has 0 aliphatic carbocycles. The van der Waals surface area contributed by atoms with E-state index >= 15 is 0 Å². The van der Waals surface area contributed by atoms with E-state index in [9.17, 15) is 9.59 Å². The van der Waals surface area contributed by atoms with E-state index in [4.69, 9.17) is 15.2 Å². The molecule has 0 aromatic carbocycles. The van der Waals surface area contributed by atoms with Crippen LogP contribution < -0.4 is 5.73 Å². The molecule has 2 N–H and O–H groups in total. The first-order valence-corrected chi connectivity index (χ1v) is 7.68. The van der Waals surface area contributed by atoms with Gasteiger partial charge in [0, 0.05) is 24.1 Å². The predicted molar refractivity (Wildman–Crippen MR) is 71.7 cm³/mol. The molecule has 2 rings (SSSR count). The molecule has 6 nitrogen and oxygen atoms in total. The van der Waals surface area contributed by atoms with Gasteiger partial charge < -0.3 is 20.1 Å². The number of hydrogen-bond acceptors (Lipinski definition) is 6. The molecular weight excluding hydrogens is 268 g/mol. The third kappa shape index (κ3) is 3.21. The van der Waals surface area contributed by atoms with Crippen molar-refractivity contribution in [1.29, 1.82) is 0 Å². The lowest BCUT2D eigenvalue weighted by Crippen LogP contribution is -2.54. The van der Waals surface area contributed by atoms with Crippen LogP contribution in [0.1, 0.15) is 6.92 Å². The van der Waals surface area contributed by atoms with Crippen molar-refractivity contribution >= 4 is 23.6 Å². The maximum Gasteiger partial charge on any atom is 0.329 e. The largest absolute Gasteiger partial charge is 0.464 e. The Bertz CT molecular complexity index is 353. The standard InChI is InChI=1S/C12H20N2O4S/c1-2-18-12(16)10-7-19-4-3-14(10)11(15)8-5-17-6-9(8)13/h8-10H,2-7,13H2,1H3. The van der Waals surface area contributed by atoms with Gasteiger partial charge >= 0.3 is 5.97 Å². The number of amides is 1. The second kappa shape index (κ2) is 6.58. The monoisotopic (exact) mass is 288 g/mol. The fourth-order valence-corrected chi connectivity index (χ4v) is 3.37. The number of carbonyl (C=O) groups is 2. The first-order chi connectivity index (χ1) is 9.15. The fraction of sp³-hybridized carbons (Fsp3) is 0.833. The molecule has 3 unspecified atom stereocenters. The van der Waals surface area contributed by atoms with Crippen LogP contribution in [0.4, 0.5) is 0 Å². The zero-order valence-corrected chi connectivity index (χ0v) is 11.9. The molecule has 0 aromatic heterocycles. The van der Waals surface area contributed by atoms with Crippen molar-refractivity contribution in [2.45, 2.75) is 19.0 Å². The fourth-order valence-electron chi connectivity index (χ4n) is 2.34. The van der Waals surface area contributed by atoms with E-state index in [2.05, 4.69) is 0 Å². The van der Waals surface area contributed by atoms with Gasteiger partial charge in [0.25, 0.3) is 0 Å². The summed E-state index contributed by atoms with van der Waals surface area (Å²) in [7, 11) is 0. The van der Waals surface area contributed by atoms with E-state index in [0.717, 1.165) is 5.75 Å². The molecule has 0 radical (unpaired) electrons. The number of carbonyl (C=O) groups excluding carboxylic acids is 2. The number of rotatable bonds is 3. The summed E-state index contributed by atoms with van der Waals surface area (Å²) in [6.07, 6.45) is 0. The van der Waals surface area contributed by atoms with E-state index in [1.165, 1.54) is 0 Å². The number of nitrogens with two attached hydrogens (primary N) is 1. The predicted octanol–water partition coefficient (Wildman–Crippen LogP) is -0.533. The van der Waals surface area contributed by atoms with Crippen LogP contribution >= 0.6 is 11.8 Å². The van der Waals surface area contributed by atoms with Crippen LogP contribution in [-0.2, 0) is 19.1 Å². The van der Waals surface area contributed by atoms with E-state index in [1.54, 1.807) is 23.6 Å². The highest BCUT2D eigenvalue weighted by atomic mass is 32.2. The summed E-state index contributed by atoms with van der Waals surface area (Å²) in [4.78, 5) is 26.0. The lowest BCUT2D eigenvalue weighted by molar-refractivity contribution is -0.155. The summed E-state index contributed by atoms with van der Waals surface area (Å²) in [6, 6.07) is -0.760. The summed E-state index contributed by atoms with van der Waals surface area (Å²) >= 11 is 1.66. The molecule has 19 heavy (non-hydrogen) atoms. The van der Waals surface area contributed by atoms with Gasteiger partial charge in [0.2, 0.25) is 5.91 Å². The van der Waals surface area contributed by atoms with Crippen molar-refractivity contribution in [1.82, 2.24) is 4.90 Å². The number of hydrogen-bond donors (Lipinski definition) is 1. The Labute approximate surface area is 117 Å². The minimum absolute atomic E-state index is 0.0802. The molecule has 2 fully saturated rings. The Morgan fingerprint density at radius 2 is 2.26 bits per heavy atom. The van der Waals surface area contributed by atoms with E-state index in [-0.39, 0.29) is 23.8 Å². The van der Waals surface area contributed by atoms with Gasteiger partial charge in [-0.05, 0) is 6.92 Å². The highest BCUT2D eigenvalue weighted by Crippen LogP contribution is 2.23. The normalized spacial score (nSPS) is 31.3. The first kappa shape index (κ1) is 14.6. The van der Waals surface area contributed by atoms with Gasteiger partial charge in [-0.1, -0.05) is 0 Å². The summed E-state index contributed by atoms with van der Waals surface area (Å²) in [5.41, 5.74) is 5.87. The van der Waals surface area contributed by atoms with Gasteiger partial charge in [-0.25, -0.2) is 4.79 Å². The third-order valence-electron chi connectivity index (χ3n) is 3.41. The zero-order valence-electron chi connectivity index (χ0n) is 11.0. The molecule has 108 valence electrons. The van der Waals surface area contributed by atoms with Gasteiger partial charge in [0.1, 0.15) is 6.04 Å². The lowest BCUT2D eigenvalue weighted by atomic mass is 10.0. The van der Waals surface area contributed by atoms with Crippen molar-refractivity contribution in [3.05, 3.63) is 0 Å². The molecule has 2 aliphatic rings. The summed E-state index contributed by atoms with van der Waals surface area (Å²) in [5, 5.41) is 0. The number of nitrogens with zero attached hydrogens (tertiary/aromatic N) is 1. The van der Waals surface area contributed by atoms with Crippen molar-refractivity contribution in [3.8, 4) is 0 Å². The Morgan fingerprint density at radius 3 is 2.89 bits per heavy atom. The van der Waals surface area contributed by atoms with Gasteiger partial charge in [0.15, 0.2) is 0 Å². The molecule has 2 aliphatic heterocycles. The van der Waals surface area contributed by atoms with Gasteiger partial charge in [-0.2, -0.15) is 11.8 Å². The van der Waals surface area contributed by atoms with Crippen molar-refractivity contribution in [2.75, 3.05) is 37.9 Å². The molecule has 2 heterocycles. The number of thioether (sulfide) groups is 1. The Kier molecular flexibility index (Phi) is 5.06. The molecule has 0 aromatic rings. The van der Waals surface area contributed by atoms with E-state index < -0.39 is 6.04 Å². The molecular formula is C12H20N2O4S. The van der Waals surface area contributed by atoms with Crippen molar-refractivity contribution in [3.63, 3.8) is 0 Å². The molecule has 0 spiro atoms. The summed E-state index contributed by atoms with van der Waals surface area (Å²) in [5.74, 6) is 0.691. The average Bonchev–Trinajstić information content (AvgIpc) is 2.84. The van der Waals surface area contributed by atoms with Crippen molar-refractivity contribution in [2.24, 2.45) is 11.7 Å². The van der Waals surface area contributed by atoms with Gasteiger partial charge in [-0.3, -0.25) is 4.79 Å². The summed E-state index contributed by atoms with van der Waals surface area (Å²) < 4.78 is 10.3. The van der Waals surface area contributed by atoms with E-state index in [1.807, 2.05) is 0 Å². The summed E-state index contributed by atoms with van der Waals surface area (Å²) in [6.45, 7) is 3.41. The lowest BCUT2D eigenvalue weighted by Gasteiger charge is -2.35. The van der Waals surface area contributed by atoms with Crippen LogP contribution in [0.5, 0.6) is 0 Å². The topological polar surface area (TPSA) is 81.9 Å². The van der Waals surface area contributed by atoms with Crippen LogP contribution in [0.25, 0.3) is 0 Å². The maximum atomic E-state index is 12.5. The number of esters is 1. The average molecular weight is 288 g/mol. The minimum atomic E-state index is -0.487. The smallest absolute Gasteiger partial charge is 0.329 e. The van der Waals surface area contributed by atoms with Gasteiger partial charge in [-0.15, -0.1) is 0 Å². The highest BCUT2D eigenvalue weighted by molar-refractivity contribution is 7.99. The molecule has 2 saturated heterocycles. The first-order valence-electron chi connectivity index (χ1n) is 6.53. The van der Waals surface area contributed by atoms with Crippen LogP contribution in [0.2, 0.25) is 0 Å². The third-order valence-corrected chi connectivity index (χ3v) is 4.43. The minimum Gasteiger partial charge on any atom is -0.464 e. The quantitative estimate of drug-likeness (QED) is 0.703. The Balaban J connectivity index is 2.06. The molecule has 7 heteroatoms. The van der Waals surface area contributed by atoms with Crippen molar-refractivity contribution < 1.29 is 19.1 Å². The highest BCUT2D eigenvalue weighted by Gasteiger charge is 2.40. The second-order valence-corrected chi connectivity index (χ2v) is 5.83. The SMILES string of the molecule is CCOC(=O)C1CSCCN1C(=O)C1COCC1N. The molecule has 0 bridgehead atoms. The molecule has 1 amide bonds. The van der Waals surface area contributed by atoms with Crippen LogP contribution in [0, 0.1) is 5.92 Å². The maximum absolute atomic E-state index is 12.5. The second-order valence-electron chi connectivity index (χ2n) is 4.68. The molecule has 3 atom stereocenters. The van der Waals surface area contributed by atoms with Crippen LogP contribution in [-0.4, -0.2) is 66.7 Å². The zero-order chi connectivity index (χ0) is 13.8. The molecule has 0 saturated carbocycles.